The van der Waals surface area contributed by atoms with Crippen LogP contribution in [0.1, 0.15) is 36.8 Å². The molecule has 2 heteroatoms. The van der Waals surface area contributed by atoms with Gasteiger partial charge in [0.2, 0.25) is 0 Å². The largest absolute Gasteiger partial charge is 0.330 e. The molecule has 0 amide bonds. The molecule has 1 saturated carbocycles. The van der Waals surface area contributed by atoms with Gasteiger partial charge in [0, 0.05) is 13.1 Å². The molecule has 94 valence electrons. The van der Waals surface area contributed by atoms with E-state index >= 15 is 0 Å². The van der Waals surface area contributed by atoms with Gasteiger partial charge in [0.25, 0.3) is 0 Å². The summed E-state index contributed by atoms with van der Waals surface area (Å²) in [7, 11) is 2.22. The Labute approximate surface area is 105 Å². The summed E-state index contributed by atoms with van der Waals surface area (Å²) in [5.41, 5.74) is 8.43. The standard InChI is InChI=1S/C15H24N2/c1-12(9-16)15-7-5-14(6-8-15)11-17(2)10-13-3-4-13/h5-8,12-13H,3-4,9-11,16H2,1-2H3. The molecule has 2 rings (SSSR count). The zero-order chi connectivity index (χ0) is 12.3. The lowest BCUT2D eigenvalue weighted by Crippen LogP contribution is -2.20. The quantitative estimate of drug-likeness (QED) is 0.817. The van der Waals surface area contributed by atoms with Crippen molar-refractivity contribution in [2.75, 3.05) is 20.1 Å². The number of nitrogens with zero attached hydrogens (tertiary/aromatic N) is 1. The lowest BCUT2D eigenvalue weighted by molar-refractivity contribution is 0.313. The second-order valence-electron chi connectivity index (χ2n) is 5.52. The fraction of sp³-hybridized carbons (Fsp3) is 0.600. The Kier molecular flexibility index (Phi) is 4.19. The fourth-order valence-electron chi connectivity index (χ4n) is 2.21. The van der Waals surface area contributed by atoms with Gasteiger partial charge in [-0.15, -0.1) is 0 Å². The Hall–Kier alpha value is -0.860. The van der Waals surface area contributed by atoms with E-state index in [0.717, 1.165) is 19.0 Å². The Bertz CT molecular complexity index is 340. The van der Waals surface area contributed by atoms with Crippen molar-refractivity contribution in [3.05, 3.63) is 35.4 Å². The molecule has 1 unspecified atom stereocenters. The maximum Gasteiger partial charge on any atom is 0.0230 e. The van der Waals surface area contributed by atoms with Crippen molar-refractivity contribution in [2.45, 2.75) is 32.2 Å². The molecule has 0 aromatic heterocycles. The number of benzene rings is 1. The SMILES string of the molecule is CC(CN)c1ccc(CN(C)CC2CC2)cc1. The highest BCUT2D eigenvalue weighted by molar-refractivity contribution is 5.25. The Morgan fingerprint density at radius 1 is 1.29 bits per heavy atom. The Morgan fingerprint density at radius 3 is 2.47 bits per heavy atom. The van der Waals surface area contributed by atoms with Gasteiger partial charge in [0.1, 0.15) is 0 Å². The minimum absolute atomic E-state index is 0.466. The minimum atomic E-state index is 0.466. The highest BCUT2D eigenvalue weighted by Crippen LogP contribution is 2.29. The van der Waals surface area contributed by atoms with E-state index in [4.69, 9.17) is 5.73 Å². The normalized spacial score (nSPS) is 17.4. The first-order valence-electron chi connectivity index (χ1n) is 6.66. The van der Waals surface area contributed by atoms with Crippen LogP contribution in [0.15, 0.2) is 24.3 Å². The van der Waals surface area contributed by atoms with E-state index in [2.05, 4.69) is 43.1 Å². The van der Waals surface area contributed by atoms with Gasteiger partial charge in [-0.3, -0.25) is 0 Å². The molecule has 0 radical (unpaired) electrons. The second-order valence-corrected chi connectivity index (χ2v) is 5.52. The molecule has 1 aromatic carbocycles. The maximum absolute atomic E-state index is 5.68. The van der Waals surface area contributed by atoms with Crippen LogP contribution in [-0.2, 0) is 6.54 Å². The first kappa shape index (κ1) is 12.6. The van der Waals surface area contributed by atoms with Gasteiger partial charge < -0.3 is 10.6 Å². The van der Waals surface area contributed by atoms with Crippen LogP contribution in [0.5, 0.6) is 0 Å². The predicted molar refractivity (Wildman–Crippen MR) is 73.0 cm³/mol. The summed E-state index contributed by atoms with van der Waals surface area (Å²) >= 11 is 0. The van der Waals surface area contributed by atoms with Gasteiger partial charge in [-0.05, 0) is 49.4 Å². The third-order valence-electron chi connectivity index (χ3n) is 3.62. The molecule has 0 saturated heterocycles. The molecule has 0 aliphatic heterocycles. The van der Waals surface area contributed by atoms with Crippen molar-refractivity contribution in [1.29, 1.82) is 0 Å². The molecule has 17 heavy (non-hydrogen) atoms. The third kappa shape index (κ3) is 3.83. The summed E-state index contributed by atoms with van der Waals surface area (Å²) < 4.78 is 0. The van der Waals surface area contributed by atoms with E-state index in [0.29, 0.717) is 5.92 Å². The van der Waals surface area contributed by atoms with E-state index < -0.39 is 0 Å². The molecule has 0 spiro atoms. The summed E-state index contributed by atoms with van der Waals surface area (Å²) in [5, 5.41) is 0. The fourth-order valence-corrected chi connectivity index (χ4v) is 2.21. The Balaban J connectivity index is 1.88. The number of hydrogen-bond donors (Lipinski definition) is 1. The van der Waals surface area contributed by atoms with Crippen LogP contribution >= 0.6 is 0 Å². The minimum Gasteiger partial charge on any atom is -0.330 e. The van der Waals surface area contributed by atoms with Crippen LogP contribution in [0.2, 0.25) is 0 Å². The first-order valence-corrected chi connectivity index (χ1v) is 6.66. The summed E-state index contributed by atoms with van der Waals surface area (Å²) in [6, 6.07) is 8.92. The average Bonchev–Trinajstić information content (AvgIpc) is 3.12. The number of nitrogens with two attached hydrogens (primary N) is 1. The van der Waals surface area contributed by atoms with Gasteiger partial charge in [-0.25, -0.2) is 0 Å². The molecule has 1 atom stereocenters. The molecule has 2 nitrogen and oxygen atoms in total. The summed E-state index contributed by atoms with van der Waals surface area (Å²) in [4.78, 5) is 2.43. The molecular formula is C15H24N2. The topological polar surface area (TPSA) is 29.3 Å². The molecule has 2 N–H and O–H groups in total. The van der Waals surface area contributed by atoms with Crippen molar-refractivity contribution in [3.8, 4) is 0 Å². The van der Waals surface area contributed by atoms with Crippen LogP contribution in [-0.4, -0.2) is 25.0 Å². The molecular weight excluding hydrogens is 208 g/mol. The first-order chi connectivity index (χ1) is 8.19. The lowest BCUT2D eigenvalue weighted by Gasteiger charge is -2.17. The predicted octanol–water partition coefficient (Wildman–Crippen LogP) is 2.59. The summed E-state index contributed by atoms with van der Waals surface area (Å²) in [6.07, 6.45) is 2.86. The Morgan fingerprint density at radius 2 is 1.94 bits per heavy atom. The van der Waals surface area contributed by atoms with Crippen LogP contribution in [0, 0.1) is 5.92 Å². The molecule has 1 aliphatic carbocycles. The lowest BCUT2D eigenvalue weighted by atomic mass is 10.00. The van der Waals surface area contributed by atoms with Crippen molar-refractivity contribution >= 4 is 0 Å². The van der Waals surface area contributed by atoms with E-state index in [9.17, 15) is 0 Å². The second kappa shape index (κ2) is 5.65. The van der Waals surface area contributed by atoms with Crippen molar-refractivity contribution in [1.82, 2.24) is 4.90 Å². The van der Waals surface area contributed by atoms with Crippen LogP contribution in [0.25, 0.3) is 0 Å². The number of hydrogen-bond acceptors (Lipinski definition) is 2. The maximum atomic E-state index is 5.68. The molecule has 1 aliphatic rings. The van der Waals surface area contributed by atoms with Crippen molar-refractivity contribution in [3.63, 3.8) is 0 Å². The zero-order valence-corrected chi connectivity index (χ0v) is 11.0. The monoisotopic (exact) mass is 232 g/mol. The van der Waals surface area contributed by atoms with Gasteiger partial charge in [0.05, 0.1) is 0 Å². The molecule has 1 fully saturated rings. The summed E-state index contributed by atoms with van der Waals surface area (Å²) in [5.74, 6) is 1.43. The van der Waals surface area contributed by atoms with Gasteiger partial charge >= 0.3 is 0 Å². The molecule has 0 heterocycles. The van der Waals surface area contributed by atoms with Gasteiger partial charge in [0.15, 0.2) is 0 Å². The van der Waals surface area contributed by atoms with Gasteiger partial charge in [-0.1, -0.05) is 31.2 Å². The smallest absolute Gasteiger partial charge is 0.0230 e. The van der Waals surface area contributed by atoms with Crippen LogP contribution in [0.3, 0.4) is 0 Å². The van der Waals surface area contributed by atoms with E-state index in [1.807, 2.05) is 0 Å². The summed E-state index contributed by atoms with van der Waals surface area (Å²) in [6.45, 7) is 5.21. The zero-order valence-electron chi connectivity index (χ0n) is 11.0. The average molecular weight is 232 g/mol. The number of rotatable bonds is 6. The van der Waals surface area contributed by atoms with Gasteiger partial charge in [-0.2, -0.15) is 0 Å². The van der Waals surface area contributed by atoms with Crippen LogP contribution < -0.4 is 5.73 Å². The molecule has 1 aromatic rings. The molecule has 0 bridgehead atoms. The third-order valence-corrected chi connectivity index (χ3v) is 3.62. The highest BCUT2D eigenvalue weighted by Gasteiger charge is 2.22. The van der Waals surface area contributed by atoms with E-state index in [-0.39, 0.29) is 0 Å². The van der Waals surface area contributed by atoms with E-state index in [1.165, 1.54) is 30.5 Å². The van der Waals surface area contributed by atoms with Crippen molar-refractivity contribution < 1.29 is 0 Å². The van der Waals surface area contributed by atoms with E-state index in [1.54, 1.807) is 0 Å². The highest BCUT2D eigenvalue weighted by atomic mass is 15.1. The van der Waals surface area contributed by atoms with Crippen LogP contribution in [0.4, 0.5) is 0 Å². The van der Waals surface area contributed by atoms with Crippen molar-refractivity contribution in [2.24, 2.45) is 11.7 Å².